The maximum Gasteiger partial charge on any atom is 0.242 e. The predicted molar refractivity (Wildman–Crippen MR) is 81.1 cm³/mol. The van der Waals surface area contributed by atoms with Crippen LogP contribution in [-0.2, 0) is 4.79 Å². The summed E-state index contributed by atoms with van der Waals surface area (Å²) in [6.07, 6.45) is 9.14. The molecule has 0 aromatic carbocycles. The van der Waals surface area contributed by atoms with Gasteiger partial charge in [0, 0.05) is 13.6 Å². The summed E-state index contributed by atoms with van der Waals surface area (Å²) in [5.41, 5.74) is 5.86. The molecule has 0 aromatic rings. The molecule has 4 aliphatic carbocycles. The number of likely N-dealkylation sites (N-methyl/N-ethyl adjacent to an activating group) is 1. The summed E-state index contributed by atoms with van der Waals surface area (Å²) in [6, 6.07) is 0. The van der Waals surface area contributed by atoms with E-state index in [0.717, 1.165) is 24.3 Å². The number of nitrogens with two attached hydrogens (primary N) is 1. The van der Waals surface area contributed by atoms with Crippen LogP contribution in [0.2, 0.25) is 0 Å². The second kappa shape index (κ2) is 4.72. The normalized spacial score (nSPS) is 41.5. The van der Waals surface area contributed by atoms with Crippen molar-refractivity contribution in [1.29, 1.82) is 0 Å². The molecule has 0 saturated heterocycles. The Hall–Kier alpha value is -0.570. The van der Waals surface area contributed by atoms with Gasteiger partial charge in [0.05, 0.1) is 5.54 Å². The van der Waals surface area contributed by atoms with Crippen molar-refractivity contribution < 1.29 is 4.79 Å². The third-order valence-corrected chi connectivity index (χ3v) is 6.31. The topological polar surface area (TPSA) is 46.3 Å². The van der Waals surface area contributed by atoms with Gasteiger partial charge in [-0.25, -0.2) is 0 Å². The van der Waals surface area contributed by atoms with Crippen molar-refractivity contribution in [2.45, 2.75) is 64.3 Å². The number of nitrogens with zero attached hydrogens (tertiary/aromatic N) is 1. The molecule has 4 aliphatic rings. The van der Waals surface area contributed by atoms with Crippen LogP contribution in [0.1, 0.15) is 58.8 Å². The van der Waals surface area contributed by atoms with Gasteiger partial charge in [-0.3, -0.25) is 4.79 Å². The van der Waals surface area contributed by atoms with Gasteiger partial charge in [0.15, 0.2) is 0 Å². The summed E-state index contributed by atoms with van der Waals surface area (Å²) >= 11 is 0. The minimum Gasteiger partial charge on any atom is -0.344 e. The molecule has 1 amide bonds. The Labute approximate surface area is 123 Å². The Kier molecular flexibility index (Phi) is 3.39. The molecule has 4 saturated carbocycles. The summed E-state index contributed by atoms with van der Waals surface area (Å²) in [4.78, 5) is 14.5. The summed E-state index contributed by atoms with van der Waals surface area (Å²) in [6.45, 7) is 4.80. The highest BCUT2D eigenvalue weighted by molar-refractivity contribution is 5.85. The van der Waals surface area contributed by atoms with Crippen LogP contribution in [0.3, 0.4) is 0 Å². The Morgan fingerprint density at radius 1 is 1.20 bits per heavy atom. The van der Waals surface area contributed by atoms with Crippen LogP contribution in [0.5, 0.6) is 0 Å². The molecular formula is C17H30N2O. The predicted octanol–water partition coefficient (Wildman–Crippen LogP) is 2.79. The molecule has 1 atom stereocenters. The van der Waals surface area contributed by atoms with Crippen molar-refractivity contribution in [3.63, 3.8) is 0 Å². The molecule has 1 unspecified atom stereocenters. The van der Waals surface area contributed by atoms with E-state index in [9.17, 15) is 4.79 Å². The van der Waals surface area contributed by atoms with E-state index >= 15 is 0 Å². The molecule has 114 valence electrons. The molecule has 4 fully saturated rings. The number of carbonyl (C=O) groups excluding carboxylic acids is 1. The first-order valence-electron chi connectivity index (χ1n) is 8.38. The van der Waals surface area contributed by atoms with E-state index in [2.05, 4.69) is 0 Å². The molecular weight excluding hydrogens is 248 g/mol. The second-order valence-electron chi connectivity index (χ2n) is 8.35. The van der Waals surface area contributed by atoms with Gasteiger partial charge in [0.1, 0.15) is 0 Å². The molecule has 0 heterocycles. The smallest absolute Gasteiger partial charge is 0.242 e. The molecule has 0 spiro atoms. The van der Waals surface area contributed by atoms with E-state index in [1.54, 1.807) is 0 Å². The highest BCUT2D eigenvalue weighted by atomic mass is 16.2. The number of rotatable bonds is 4. The fraction of sp³-hybridized carbons (Fsp3) is 0.941. The Morgan fingerprint density at radius 2 is 1.65 bits per heavy atom. The lowest BCUT2D eigenvalue weighted by Gasteiger charge is -2.57. The van der Waals surface area contributed by atoms with Crippen molar-refractivity contribution in [3.8, 4) is 0 Å². The van der Waals surface area contributed by atoms with Crippen molar-refractivity contribution in [2.75, 3.05) is 13.6 Å². The van der Waals surface area contributed by atoms with Crippen LogP contribution in [-0.4, -0.2) is 29.9 Å². The first-order chi connectivity index (χ1) is 9.33. The lowest BCUT2D eigenvalue weighted by atomic mass is 9.49. The van der Waals surface area contributed by atoms with Gasteiger partial charge in [-0.15, -0.1) is 0 Å². The van der Waals surface area contributed by atoms with Gasteiger partial charge in [0.25, 0.3) is 0 Å². The SMILES string of the molecule is CCC(C)(N)C(=O)N(C)CC12CC3CC(CC(C3)C1)C2. The van der Waals surface area contributed by atoms with E-state index in [1.165, 1.54) is 38.5 Å². The van der Waals surface area contributed by atoms with Gasteiger partial charge in [-0.1, -0.05) is 6.92 Å². The Balaban J connectivity index is 1.70. The zero-order valence-electron chi connectivity index (χ0n) is 13.3. The highest BCUT2D eigenvalue weighted by Gasteiger charge is 2.51. The van der Waals surface area contributed by atoms with Crippen molar-refractivity contribution in [2.24, 2.45) is 28.9 Å². The second-order valence-corrected chi connectivity index (χ2v) is 8.35. The summed E-state index contributed by atoms with van der Waals surface area (Å²) in [5.74, 6) is 2.95. The zero-order chi connectivity index (χ0) is 14.5. The van der Waals surface area contributed by atoms with Gasteiger partial charge in [0.2, 0.25) is 5.91 Å². The summed E-state index contributed by atoms with van der Waals surface area (Å²) < 4.78 is 0. The van der Waals surface area contributed by atoms with Crippen molar-refractivity contribution >= 4 is 5.91 Å². The van der Waals surface area contributed by atoms with Crippen LogP contribution in [0, 0.1) is 23.2 Å². The van der Waals surface area contributed by atoms with E-state index in [1.807, 2.05) is 25.8 Å². The number of hydrogen-bond donors (Lipinski definition) is 1. The fourth-order valence-corrected chi connectivity index (χ4v) is 5.65. The van der Waals surface area contributed by atoms with Crippen molar-refractivity contribution in [1.82, 2.24) is 4.90 Å². The number of hydrogen-bond acceptors (Lipinski definition) is 2. The Morgan fingerprint density at radius 3 is 2.05 bits per heavy atom. The summed E-state index contributed by atoms with van der Waals surface area (Å²) in [5, 5.41) is 0. The van der Waals surface area contributed by atoms with E-state index in [0.29, 0.717) is 11.8 Å². The monoisotopic (exact) mass is 278 g/mol. The third-order valence-electron chi connectivity index (χ3n) is 6.31. The van der Waals surface area contributed by atoms with Gasteiger partial charge < -0.3 is 10.6 Å². The minimum absolute atomic E-state index is 0.121. The molecule has 0 aliphatic heterocycles. The Bertz CT molecular complexity index is 367. The van der Waals surface area contributed by atoms with E-state index in [4.69, 9.17) is 5.73 Å². The van der Waals surface area contributed by atoms with Gasteiger partial charge >= 0.3 is 0 Å². The lowest BCUT2D eigenvalue weighted by molar-refractivity contribution is -0.140. The molecule has 3 heteroatoms. The van der Waals surface area contributed by atoms with E-state index < -0.39 is 5.54 Å². The first kappa shape index (κ1) is 14.4. The average molecular weight is 278 g/mol. The lowest BCUT2D eigenvalue weighted by Crippen LogP contribution is -2.56. The van der Waals surface area contributed by atoms with Gasteiger partial charge in [-0.05, 0) is 75.0 Å². The molecule has 0 radical (unpaired) electrons. The average Bonchev–Trinajstić information content (AvgIpc) is 2.35. The van der Waals surface area contributed by atoms with Crippen LogP contribution in [0.15, 0.2) is 0 Å². The number of amides is 1. The van der Waals surface area contributed by atoms with Gasteiger partial charge in [-0.2, -0.15) is 0 Å². The van der Waals surface area contributed by atoms with Crippen LogP contribution < -0.4 is 5.73 Å². The van der Waals surface area contributed by atoms with Crippen LogP contribution >= 0.6 is 0 Å². The minimum atomic E-state index is -0.697. The quantitative estimate of drug-likeness (QED) is 0.859. The number of carbonyl (C=O) groups is 1. The maximum atomic E-state index is 12.5. The standard InChI is InChI=1S/C17H30N2O/c1-4-16(2,18)15(20)19(3)11-17-8-12-5-13(9-17)7-14(6-12)10-17/h12-14H,4-11,18H2,1-3H3. The zero-order valence-corrected chi connectivity index (χ0v) is 13.3. The molecule has 4 bridgehead atoms. The van der Waals surface area contributed by atoms with Crippen LogP contribution in [0.25, 0.3) is 0 Å². The molecule has 20 heavy (non-hydrogen) atoms. The largest absolute Gasteiger partial charge is 0.344 e. The van der Waals surface area contributed by atoms with E-state index in [-0.39, 0.29) is 5.91 Å². The molecule has 0 aromatic heterocycles. The molecule has 3 nitrogen and oxygen atoms in total. The van der Waals surface area contributed by atoms with Crippen molar-refractivity contribution in [3.05, 3.63) is 0 Å². The molecule has 2 N–H and O–H groups in total. The third kappa shape index (κ3) is 2.38. The highest BCUT2D eigenvalue weighted by Crippen LogP contribution is 2.60. The van der Waals surface area contributed by atoms with Crippen LogP contribution in [0.4, 0.5) is 0 Å². The maximum absolute atomic E-state index is 12.5. The fourth-order valence-electron chi connectivity index (χ4n) is 5.65. The molecule has 4 rings (SSSR count). The first-order valence-corrected chi connectivity index (χ1v) is 8.38. The summed E-state index contributed by atoms with van der Waals surface area (Å²) in [7, 11) is 1.96.